The van der Waals surface area contributed by atoms with Crippen LogP contribution in [0.1, 0.15) is 44.4 Å². The number of aryl methyl sites for hydroxylation is 1. The minimum atomic E-state index is 0.950. The maximum atomic E-state index is 4.49. The van der Waals surface area contributed by atoms with Crippen LogP contribution in [0.4, 0.5) is 5.69 Å². The van der Waals surface area contributed by atoms with E-state index in [4.69, 9.17) is 0 Å². The molecule has 0 bridgehead atoms. The molecule has 23 heavy (non-hydrogen) atoms. The summed E-state index contributed by atoms with van der Waals surface area (Å²) in [4.78, 5) is 6.61. The highest BCUT2D eigenvalue weighted by atomic mass is 15.1. The molecule has 3 nitrogen and oxygen atoms in total. The van der Waals surface area contributed by atoms with Crippen LogP contribution in [-0.4, -0.2) is 12.0 Å². The molecule has 0 aromatic carbocycles. The molecule has 0 spiro atoms. The number of likely N-dealkylation sites (N-methyl/N-ethyl adjacent to an activating group) is 1. The van der Waals surface area contributed by atoms with Gasteiger partial charge < -0.3 is 10.2 Å². The Morgan fingerprint density at radius 3 is 2.78 bits per heavy atom. The van der Waals surface area contributed by atoms with Crippen molar-refractivity contribution in [3.63, 3.8) is 0 Å². The highest BCUT2D eigenvalue weighted by molar-refractivity contribution is 5.74. The Labute approximate surface area is 140 Å². The van der Waals surface area contributed by atoms with Gasteiger partial charge in [-0.1, -0.05) is 38.5 Å². The van der Waals surface area contributed by atoms with E-state index in [9.17, 15) is 0 Å². The van der Waals surface area contributed by atoms with Crippen molar-refractivity contribution < 1.29 is 0 Å². The Morgan fingerprint density at radius 1 is 1.39 bits per heavy atom. The first-order chi connectivity index (χ1) is 11.1. The summed E-state index contributed by atoms with van der Waals surface area (Å²) in [5.74, 6) is 0. The van der Waals surface area contributed by atoms with Crippen LogP contribution in [0.15, 0.2) is 54.2 Å². The summed E-state index contributed by atoms with van der Waals surface area (Å²) in [6.45, 7) is 10.7. The van der Waals surface area contributed by atoms with Gasteiger partial charge in [0.25, 0.3) is 0 Å². The van der Waals surface area contributed by atoms with Crippen molar-refractivity contribution in [3.05, 3.63) is 65.4 Å². The lowest BCUT2D eigenvalue weighted by Gasteiger charge is -2.27. The molecule has 1 aliphatic rings. The second-order valence-electron chi connectivity index (χ2n) is 5.76. The highest BCUT2D eigenvalue weighted by Gasteiger charge is 2.15. The summed E-state index contributed by atoms with van der Waals surface area (Å²) < 4.78 is 0. The lowest BCUT2D eigenvalue weighted by molar-refractivity contribution is 0.865. The SMILES string of the molecule is C=C1C=C(NC)C=CN1c1ccnc(C)c1/C=C(/CC)CCC. The third-order valence-electron chi connectivity index (χ3n) is 4.12. The highest BCUT2D eigenvalue weighted by Crippen LogP contribution is 2.31. The van der Waals surface area contributed by atoms with Crippen molar-refractivity contribution in [3.8, 4) is 0 Å². The van der Waals surface area contributed by atoms with Gasteiger partial charge in [-0.3, -0.25) is 4.98 Å². The number of aromatic nitrogens is 1. The molecule has 0 unspecified atom stereocenters. The van der Waals surface area contributed by atoms with Crippen molar-refractivity contribution in [2.75, 3.05) is 11.9 Å². The summed E-state index contributed by atoms with van der Waals surface area (Å²) >= 11 is 0. The zero-order valence-corrected chi connectivity index (χ0v) is 14.7. The third-order valence-corrected chi connectivity index (χ3v) is 4.12. The van der Waals surface area contributed by atoms with Crippen LogP contribution in [0.2, 0.25) is 0 Å². The second-order valence-corrected chi connectivity index (χ2v) is 5.76. The molecule has 0 fully saturated rings. The van der Waals surface area contributed by atoms with E-state index in [1.165, 1.54) is 17.6 Å². The molecule has 2 rings (SSSR count). The molecule has 0 amide bonds. The van der Waals surface area contributed by atoms with E-state index < -0.39 is 0 Å². The molecule has 0 atom stereocenters. The molecule has 3 heteroatoms. The van der Waals surface area contributed by atoms with E-state index in [2.05, 4.69) is 73.0 Å². The number of nitrogens with zero attached hydrogens (tertiary/aromatic N) is 2. The number of hydrogen-bond donors (Lipinski definition) is 1. The quantitative estimate of drug-likeness (QED) is 0.807. The number of nitrogens with one attached hydrogen (secondary N) is 1. The summed E-state index contributed by atoms with van der Waals surface area (Å²) in [6, 6.07) is 2.06. The molecule has 1 N–H and O–H groups in total. The van der Waals surface area contributed by atoms with Gasteiger partial charge in [0.15, 0.2) is 0 Å². The van der Waals surface area contributed by atoms with Crippen LogP contribution in [-0.2, 0) is 0 Å². The Balaban J connectivity index is 2.45. The van der Waals surface area contributed by atoms with Gasteiger partial charge in [-0.05, 0) is 38.0 Å². The second kappa shape index (κ2) is 7.82. The van der Waals surface area contributed by atoms with Gasteiger partial charge in [0.05, 0.1) is 5.69 Å². The zero-order valence-electron chi connectivity index (χ0n) is 14.7. The van der Waals surface area contributed by atoms with Gasteiger partial charge in [0.2, 0.25) is 0 Å². The summed E-state index contributed by atoms with van der Waals surface area (Å²) in [6.07, 6.45) is 13.7. The maximum absolute atomic E-state index is 4.49. The molecule has 122 valence electrons. The summed E-state index contributed by atoms with van der Waals surface area (Å²) in [7, 11) is 1.92. The number of pyridine rings is 1. The van der Waals surface area contributed by atoms with E-state index in [0.29, 0.717) is 0 Å². The van der Waals surface area contributed by atoms with Gasteiger partial charge in [-0.15, -0.1) is 0 Å². The van der Waals surface area contributed by atoms with E-state index in [1.54, 1.807) is 0 Å². The van der Waals surface area contributed by atoms with Gasteiger partial charge in [0.1, 0.15) is 0 Å². The molecule has 0 aliphatic carbocycles. The van der Waals surface area contributed by atoms with Crippen LogP contribution in [0, 0.1) is 6.92 Å². The predicted molar refractivity (Wildman–Crippen MR) is 100 cm³/mol. The average molecular weight is 309 g/mol. The van der Waals surface area contributed by atoms with Crippen LogP contribution in [0.25, 0.3) is 6.08 Å². The minimum absolute atomic E-state index is 0.950. The van der Waals surface area contributed by atoms with E-state index in [-0.39, 0.29) is 0 Å². The summed E-state index contributed by atoms with van der Waals surface area (Å²) in [5, 5.41) is 3.15. The fourth-order valence-electron chi connectivity index (χ4n) is 2.77. The topological polar surface area (TPSA) is 28.2 Å². The number of rotatable bonds is 6. The van der Waals surface area contributed by atoms with E-state index in [1.807, 2.05) is 13.2 Å². The molecular formula is C20H27N3. The monoisotopic (exact) mass is 309 g/mol. The molecule has 1 aromatic rings. The minimum Gasteiger partial charge on any atom is -0.388 e. The standard InChI is InChI=1S/C20H27N3/c1-6-8-17(7-2)14-19-16(4)22-11-9-20(19)23-12-10-18(21-5)13-15(23)3/h9-14,21H,3,6-8H2,1-2,4-5H3/b17-14-. The molecular weight excluding hydrogens is 282 g/mol. The van der Waals surface area contributed by atoms with Crippen molar-refractivity contribution in [2.24, 2.45) is 0 Å². The van der Waals surface area contributed by atoms with Crippen LogP contribution < -0.4 is 10.2 Å². The Kier molecular flexibility index (Phi) is 5.80. The first-order valence-electron chi connectivity index (χ1n) is 8.31. The first kappa shape index (κ1) is 17.1. The largest absolute Gasteiger partial charge is 0.388 e. The number of allylic oxidation sites excluding steroid dienone is 3. The maximum Gasteiger partial charge on any atom is 0.0561 e. The zero-order chi connectivity index (χ0) is 16.8. The Bertz CT molecular complexity index is 665. The van der Waals surface area contributed by atoms with Gasteiger partial charge in [-0.25, -0.2) is 0 Å². The van der Waals surface area contributed by atoms with Crippen LogP contribution in [0.3, 0.4) is 0 Å². The molecule has 2 heterocycles. The van der Waals surface area contributed by atoms with Crippen LogP contribution >= 0.6 is 0 Å². The predicted octanol–water partition coefficient (Wildman–Crippen LogP) is 4.93. The van der Waals surface area contributed by atoms with Gasteiger partial charge in [-0.2, -0.15) is 0 Å². The smallest absolute Gasteiger partial charge is 0.0561 e. The van der Waals surface area contributed by atoms with Crippen LogP contribution in [0.5, 0.6) is 0 Å². The molecule has 1 aromatic heterocycles. The number of anilines is 1. The molecule has 1 aliphatic heterocycles. The Morgan fingerprint density at radius 2 is 2.17 bits per heavy atom. The van der Waals surface area contributed by atoms with Gasteiger partial charge in [0, 0.05) is 42.1 Å². The lowest BCUT2D eigenvalue weighted by atomic mass is 10.0. The first-order valence-corrected chi connectivity index (χ1v) is 8.31. The average Bonchev–Trinajstić information content (AvgIpc) is 2.56. The summed E-state index contributed by atoms with van der Waals surface area (Å²) in [5.41, 5.74) is 6.84. The van der Waals surface area contributed by atoms with Gasteiger partial charge >= 0.3 is 0 Å². The molecule has 0 saturated heterocycles. The fourth-order valence-corrected chi connectivity index (χ4v) is 2.77. The fraction of sp³-hybridized carbons (Fsp3) is 0.350. The third kappa shape index (κ3) is 3.92. The van der Waals surface area contributed by atoms with Crippen molar-refractivity contribution in [2.45, 2.75) is 40.0 Å². The number of hydrogen-bond acceptors (Lipinski definition) is 3. The van der Waals surface area contributed by atoms with E-state index in [0.717, 1.165) is 35.6 Å². The van der Waals surface area contributed by atoms with E-state index >= 15 is 0 Å². The Hall–Kier alpha value is -2.29. The normalized spacial score (nSPS) is 15.0. The van der Waals surface area contributed by atoms with Crippen molar-refractivity contribution in [1.29, 1.82) is 0 Å². The van der Waals surface area contributed by atoms with Crippen molar-refractivity contribution >= 4 is 11.8 Å². The van der Waals surface area contributed by atoms with Crippen molar-refractivity contribution in [1.82, 2.24) is 10.3 Å². The molecule has 0 radical (unpaired) electrons. The molecule has 0 saturated carbocycles. The lowest BCUT2D eigenvalue weighted by Crippen LogP contribution is -2.20.